The van der Waals surface area contributed by atoms with Crippen LogP contribution in [-0.2, 0) is 0 Å². The fraction of sp³-hybridized carbons (Fsp3) is 0.188. The number of hydrogen-bond acceptors (Lipinski definition) is 5. The second-order valence-corrected chi connectivity index (χ2v) is 7.76. The molecule has 0 radical (unpaired) electrons. The summed E-state index contributed by atoms with van der Waals surface area (Å²) in [5, 5.41) is 0. The molecule has 2 heterocycles. The normalized spacial score (nSPS) is 20.6. The first-order chi connectivity index (χ1) is 10.1. The minimum Gasteiger partial charge on any atom is -0.319 e. The van der Waals surface area contributed by atoms with Crippen molar-refractivity contribution >= 4 is 52.3 Å². The van der Waals surface area contributed by atoms with Gasteiger partial charge in [-0.1, -0.05) is 12.2 Å². The summed E-state index contributed by atoms with van der Waals surface area (Å²) in [6.07, 6.45) is 4.22. The second-order valence-electron chi connectivity index (χ2n) is 4.99. The largest absolute Gasteiger partial charge is 0.319 e. The third-order valence-corrected chi connectivity index (χ3v) is 5.77. The second kappa shape index (κ2) is 5.93. The summed E-state index contributed by atoms with van der Waals surface area (Å²) in [5.74, 6) is 0. The molecule has 1 aliphatic rings. The van der Waals surface area contributed by atoms with Gasteiger partial charge in [0.25, 0.3) is 0 Å². The molecule has 21 heavy (non-hydrogen) atoms. The lowest BCUT2D eigenvalue weighted by Crippen LogP contribution is -2.33. The lowest BCUT2D eigenvalue weighted by Gasteiger charge is -2.22. The maximum absolute atomic E-state index is 6.43. The van der Waals surface area contributed by atoms with E-state index in [0.717, 1.165) is 16.9 Å². The molecular formula is C16H16N2S3. The van der Waals surface area contributed by atoms with Crippen LogP contribution in [0, 0.1) is 13.8 Å². The summed E-state index contributed by atoms with van der Waals surface area (Å²) in [6.45, 7) is 4.21. The van der Waals surface area contributed by atoms with Crippen LogP contribution in [0.3, 0.4) is 0 Å². The van der Waals surface area contributed by atoms with E-state index < -0.39 is 0 Å². The van der Waals surface area contributed by atoms with E-state index in [9.17, 15) is 0 Å². The highest BCUT2D eigenvalue weighted by molar-refractivity contribution is 7.79. The van der Waals surface area contributed by atoms with Crippen LogP contribution in [0.25, 0.3) is 11.1 Å². The summed E-state index contributed by atoms with van der Waals surface area (Å²) >= 11 is 7.65. The Hall–Kier alpha value is -1.14. The number of thiol groups is 1. The number of rotatable bonds is 2. The minimum absolute atomic E-state index is 0.233. The highest BCUT2D eigenvalue weighted by Gasteiger charge is 2.26. The molecule has 0 amide bonds. The van der Waals surface area contributed by atoms with Gasteiger partial charge in [-0.2, -0.15) is 0 Å². The van der Waals surface area contributed by atoms with Crippen molar-refractivity contribution in [2.45, 2.75) is 19.9 Å². The van der Waals surface area contributed by atoms with E-state index in [4.69, 9.17) is 5.73 Å². The highest BCUT2D eigenvalue weighted by Crippen LogP contribution is 2.35. The van der Waals surface area contributed by atoms with E-state index in [-0.39, 0.29) is 6.04 Å². The summed E-state index contributed by atoms with van der Waals surface area (Å²) in [7, 11) is 0. The van der Waals surface area contributed by atoms with Crippen LogP contribution in [0.15, 0.2) is 40.8 Å². The SMILES string of the molecule is Cc1ccc(C2=CC=C(c3ccc(C)s3)C(N)/C2=N\S)s1. The molecule has 1 unspecified atom stereocenters. The minimum atomic E-state index is -0.233. The first kappa shape index (κ1) is 14.8. The lowest BCUT2D eigenvalue weighted by molar-refractivity contribution is 1.11. The molecule has 0 spiro atoms. The first-order valence-electron chi connectivity index (χ1n) is 6.63. The van der Waals surface area contributed by atoms with Crippen molar-refractivity contribution < 1.29 is 0 Å². The molecule has 3 rings (SSSR count). The summed E-state index contributed by atoms with van der Waals surface area (Å²) in [6, 6.07) is 8.24. The average Bonchev–Trinajstić information content (AvgIpc) is 3.07. The van der Waals surface area contributed by atoms with Gasteiger partial charge in [-0.05, 0) is 56.5 Å². The molecule has 1 atom stereocenters. The van der Waals surface area contributed by atoms with Crippen LogP contribution in [0.5, 0.6) is 0 Å². The molecule has 1 aliphatic carbocycles. The zero-order valence-electron chi connectivity index (χ0n) is 11.8. The van der Waals surface area contributed by atoms with Crippen LogP contribution in [0.1, 0.15) is 19.5 Å². The van der Waals surface area contributed by atoms with E-state index in [1.807, 2.05) is 0 Å². The Bertz CT molecular complexity index is 762. The quantitative estimate of drug-likeness (QED) is 0.780. The molecule has 0 saturated carbocycles. The number of aryl methyl sites for hydroxylation is 2. The van der Waals surface area contributed by atoms with Crippen LogP contribution < -0.4 is 5.73 Å². The Morgan fingerprint density at radius 2 is 1.62 bits per heavy atom. The van der Waals surface area contributed by atoms with Crippen molar-refractivity contribution in [3.05, 3.63) is 55.9 Å². The van der Waals surface area contributed by atoms with Gasteiger partial charge >= 0.3 is 0 Å². The van der Waals surface area contributed by atoms with Crippen molar-refractivity contribution in [1.29, 1.82) is 0 Å². The van der Waals surface area contributed by atoms with Crippen molar-refractivity contribution in [1.82, 2.24) is 0 Å². The predicted octanol–water partition coefficient (Wildman–Crippen LogP) is 4.52. The van der Waals surface area contributed by atoms with Gasteiger partial charge in [-0.15, -0.1) is 22.7 Å². The van der Waals surface area contributed by atoms with E-state index in [0.29, 0.717) is 0 Å². The Kier molecular flexibility index (Phi) is 4.17. The number of nitrogens with zero attached hydrogens (tertiary/aromatic N) is 1. The molecule has 2 N–H and O–H groups in total. The molecule has 2 aromatic heterocycles. The number of allylic oxidation sites excluding steroid dienone is 2. The Morgan fingerprint density at radius 3 is 2.14 bits per heavy atom. The standard InChI is InChI=1S/C16H16N2S3/c1-9-3-7-13(20-9)11-5-6-12(16(18-19)15(11)17)14-8-4-10(2)21-14/h3-8,15,19H,17H2,1-2H3/b18-16-. The number of nitrogens with two attached hydrogens (primary N) is 1. The molecule has 0 saturated heterocycles. The summed E-state index contributed by atoms with van der Waals surface area (Å²) in [5.41, 5.74) is 9.45. The molecule has 5 heteroatoms. The summed E-state index contributed by atoms with van der Waals surface area (Å²) in [4.78, 5) is 4.95. The van der Waals surface area contributed by atoms with Crippen LogP contribution in [0.2, 0.25) is 0 Å². The molecular weight excluding hydrogens is 316 g/mol. The van der Waals surface area contributed by atoms with Crippen LogP contribution >= 0.6 is 35.5 Å². The zero-order valence-corrected chi connectivity index (χ0v) is 14.4. The molecule has 0 fully saturated rings. The average molecular weight is 333 g/mol. The molecule has 0 aliphatic heterocycles. The van der Waals surface area contributed by atoms with Gasteiger partial charge < -0.3 is 5.73 Å². The van der Waals surface area contributed by atoms with Gasteiger partial charge in [0.15, 0.2) is 0 Å². The number of thiophene rings is 2. The molecule has 108 valence electrons. The number of hydrogen-bond donors (Lipinski definition) is 2. The maximum atomic E-state index is 6.43. The summed E-state index contributed by atoms with van der Waals surface area (Å²) < 4.78 is 4.17. The topological polar surface area (TPSA) is 38.4 Å². The van der Waals surface area contributed by atoms with Crippen LogP contribution in [0.4, 0.5) is 0 Å². The molecule has 0 bridgehead atoms. The van der Waals surface area contributed by atoms with Crippen LogP contribution in [-0.4, -0.2) is 11.8 Å². The molecule has 0 aromatic carbocycles. The zero-order chi connectivity index (χ0) is 15.0. The monoisotopic (exact) mass is 332 g/mol. The van der Waals surface area contributed by atoms with Gasteiger partial charge in [0.2, 0.25) is 0 Å². The van der Waals surface area contributed by atoms with Crippen molar-refractivity contribution in [2.75, 3.05) is 0 Å². The van der Waals surface area contributed by atoms with Gasteiger partial charge in [-0.3, -0.25) is 0 Å². The fourth-order valence-electron chi connectivity index (χ4n) is 2.41. The molecule has 2 nitrogen and oxygen atoms in total. The Labute approximate surface area is 138 Å². The first-order valence-corrected chi connectivity index (χ1v) is 8.67. The maximum Gasteiger partial charge on any atom is 0.0783 e. The predicted molar refractivity (Wildman–Crippen MR) is 98.5 cm³/mol. The smallest absolute Gasteiger partial charge is 0.0783 e. The van der Waals surface area contributed by atoms with E-state index in [2.05, 4.69) is 67.5 Å². The van der Waals surface area contributed by atoms with Crippen molar-refractivity contribution in [3.63, 3.8) is 0 Å². The molecule has 2 aromatic rings. The van der Waals surface area contributed by atoms with Crippen molar-refractivity contribution in [3.8, 4) is 0 Å². The van der Waals surface area contributed by atoms with Gasteiger partial charge in [0, 0.05) is 25.1 Å². The van der Waals surface area contributed by atoms with Gasteiger partial charge in [-0.25, -0.2) is 4.40 Å². The van der Waals surface area contributed by atoms with Gasteiger partial charge in [0.05, 0.1) is 11.8 Å². The Balaban J connectivity index is 2.07. The lowest BCUT2D eigenvalue weighted by atomic mass is 9.90. The van der Waals surface area contributed by atoms with E-state index in [1.54, 1.807) is 22.7 Å². The van der Waals surface area contributed by atoms with E-state index >= 15 is 0 Å². The Morgan fingerprint density at radius 1 is 1.00 bits per heavy atom. The fourth-order valence-corrected chi connectivity index (χ4v) is 4.47. The van der Waals surface area contributed by atoms with Crippen molar-refractivity contribution in [2.24, 2.45) is 10.1 Å². The third-order valence-electron chi connectivity index (χ3n) is 3.47. The highest BCUT2D eigenvalue weighted by atomic mass is 32.1. The third kappa shape index (κ3) is 2.79. The van der Waals surface area contributed by atoms with E-state index in [1.165, 1.54) is 19.5 Å². The van der Waals surface area contributed by atoms with Gasteiger partial charge in [0.1, 0.15) is 0 Å².